The minimum Gasteiger partial charge on any atom is -0.491 e. The molecule has 2 rings (SSSR count). The van der Waals surface area contributed by atoms with Crippen LogP contribution in [0.25, 0.3) is 6.08 Å². The molecule has 3 N–H and O–H groups in total. The summed E-state index contributed by atoms with van der Waals surface area (Å²) in [5.74, 6) is 0.539. The molecule has 2 aromatic rings. The maximum atomic E-state index is 11.2. The molecule has 0 heterocycles. The van der Waals surface area contributed by atoms with Crippen LogP contribution >= 0.6 is 23.2 Å². The summed E-state index contributed by atoms with van der Waals surface area (Å²) in [4.78, 5) is 0. The van der Waals surface area contributed by atoms with E-state index in [0.29, 0.717) is 34.6 Å². The van der Waals surface area contributed by atoms with Crippen molar-refractivity contribution in [3.8, 4) is 5.75 Å². The predicted molar refractivity (Wildman–Crippen MR) is 115 cm³/mol. The van der Waals surface area contributed by atoms with Gasteiger partial charge in [0.25, 0.3) is 0 Å². The van der Waals surface area contributed by atoms with E-state index in [0.717, 1.165) is 11.8 Å². The zero-order chi connectivity index (χ0) is 20.6. The molecule has 0 aromatic heterocycles. The van der Waals surface area contributed by atoms with Gasteiger partial charge < -0.3 is 15.2 Å². The molecule has 0 spiro atoms. The highest BCUT2D eigenvalue weighted by atomic mass is 35.5. The molecule has 0 saturated carbocycles. The lowest BCUT2D eigenvalue weighted by atomic mass is 10.2. The number of ether oxygens (including phenoxy) is 1. The first kappa shape index (κ1) is 22.5. The summed E-state index contributed by atoms with van der Waals surface area (Å²) in [6.45, 7) is 1.05. The Kier molecular flexibility index (Phi) is 8.59. The third kappa shape index (κ3) is 8.50. The molecule has 0 saturated heterocycles. The van der Waals surface area contributed by atoms with E-state index in [1.54, 1.807) is 36.4 Å². The number of nitrogens with one attached hydrogen (secondary N) is 2. The molecule has 0 aliphatic carbocycles. The van der Waals surface area contributed by atoms with Crippen molar-refractivity contribution < 1.29 is 18.3 Å². The van der Waals surface area contributed by atoms with Gasteiger partial charge in [-0.25, -0.2) is 8.42 Å². The van der Waals surface area contributed by atoms with Gasteiger partial charge in [-0.3, -0.25) is 4.72 Å². The number of aliphatic hydroxyl groups excluding tert-OH is 1. The van der Waals surface area contributed by atoms with Crippen LogP contribution in [0.3, 0.4) is 0 Å². The number of halogens is 2. The van der Waals surface area contributed by atoms with Gasteiger partial charge in [-0.1, -0.05) is 41.4 Å². The van der Waals surface area contributed by atoms with Crippen LogP contribution in [0, 0.1) is 0 Å². The summed E-state index contributed by atoms with van der Waals surface area (Å²) >= 11 is 11.8. The van der Waals surface area contributed by atoms with E-state index in [1.807, 2.05) is 18.2 Å². The second-order valence-corrected chi connectivity index (χ2v) is 8.66. The Morgan fingerprint density at radius 3 is 2.50 bits per heavy atom. The molecule has 0 radical (unpaired) electrons. The van der Waals surface area contributed by atoms with Crippen LogP contribution in [-0.2, 0) is 10.0 Å². The molecule has 0 fully saturated rings. The van der Waals surface area contributed by atoms with Crippen molar-refractivity contribution in [2.24, 2.45) is 0 Å². The van der Waals surface area contributed by atoms with Gasteiger partial charge in [-0.05, 0) is 42.0 Å². The van der Waals surface area contributed by atoms with E-state index in [1.165, 1.54) is 0 Å². The third-order valence-electron chi connectivity index (χ3n) is 3.50. The van der Waals surface area contributed by atoms with E-state index in [-0.39, 0.29) is 6.61 Å². The maximum Gasteiger partial charge on any atom is 0.229 e. The lowest BCUT2D eigenvalue weighted by molar-refractivity contribution is 0.107. The number of benzene rings is 2. The molecule has 152 valence electrons. The minimum atomic E-state index is -3.31. The van der Waals surface area contributed by atoms with Crippen molar-refractivity contribution in [3.05, 3.63) is 64.1 Å². The second kappa shape index (κ2) is 10.7. The number of anilines is 1. The van der Waals surface area contributed by atoms with Crippen molar-refractivity contribution in [1.29, 1.82) is 0 Å². The van der Waals surface area contributed by atoms with Crippen LogP contribution in [0.4, 0.5) is 5.69 Å². The first-order valence-electron chi connectivity index (χ1n) is 8.44. The molecule has 0 bridgehead atoms. The smallest absolute Gasteiger partial charge is 0.229 e. The summed E-state index contributed by atoms with van der Waals surface area (Å²) in [6, 6.07) is 11.8. The molecule has 1 atom stereocenters. The van der Waals surface area contributed by atoms with Crippen LogP contribution in [0.5, 0.6) is 5.75 Å². The molecule has 0 aliphatic rings. The molecule has 9 heteroatoms. The molecule has 6 nitrogen and oxygen atoms in total. The zero-order valence-corrected chi connectivity index (χ0v) is 17.6. The Morgan fingerprint density at radius 1 is 1.14 bits per heavy atom. The molecular weight excluding hydrogens is 423 g/mol. The van der Waals surface area contributed by atoms with Crippen LogP contribution in [0.15, 0.2) is 48.5 Å². The van der Waals surface area contributed by atoms with Crippen LogP contribution < -0.4 is 14.8 Å². The number of sulfonamides is 1. The van der Waals surface area contributed by atoms with Gasteiger partial charge in [0.15, 0.2) is 0 Å². The lowest BCUT2D eigenvalue weighted by Gasteiger charge is -2.13. The average Bonchev–Trinajstić information content (AvgIpc) is 2.62. The standard InChI is InChI=1S/C19H22Cl2N2O4S/c1-28(25,26)23-15-5-7-17(8-6-15)27-13-16(24)12-22-10-2-3-14-4-9-18(20)19(21)11-14/h2-9,11,16,22-24H,10,12-13H2,1H3/t16-/m1/s1. The summed E-state index contributed by atoms with van der Waals surface area (Å²) in [6.07, 6.45) is 4.22. The maximum absolute atomic E-state index is 11.2. The largest absolute Gasteiger partial charge is 0.491 e. The van der Waals surface area contributed by atoms with E-state index in [9.17, 15) is 13.5 Å². The van der Waals surface area contributed by atoms with Crippen molar-refractivity contribution in [3.63, 3.8) is 0 Å². The monoisotopic (exact) mass is 444 g/mol. The van der Waals surface area contributed by atoms with Gasteiger partial charge in [-0.15, -0.1) is 0 Å². The molecule has 0 unspecified atom stereocenters. The Hall–Kier alpha value is -1.77. The fourth-order valence-electron chi connectivity index (χ4n) is 2.23. The fraction of sp³-hybridized carbons (Fsp3) is 0.263. The quantitative estimate of drug-likeness (QED) is 0.488. The first-order chi connectivity index (χ1) is 13.2. The number of hydrogen-bond acceptors (Lipinski definition) is 5. The van der Waals surface area contributed by atoms with Crippen molar-refractivity contribution in [2.45, 2.75) is 6.10 Å². The first-order valence-corrected chi connectivity index (χ1v) is 11.1. The highest BCUT2D eigenvalue weighted by molar-refractivity contribution is 7.92. The van der Waals surface area contributed by atoms with Crippen LogP contribution in [0.2, 0.25) is 10.0 Å². The van der Waals surface area contributed by atoms with Crippen molar-refractivity contribution in [1.82, 2.24) is 5.32 Å². The van der Waals surface area contributed by atoms with Gasteiger partial charge in [0, 0.05) is 18.8 Å². The van der Waals surface area contributed by atoms with E-state index < -0.39 is 16.1 Å². The Labute approximate surface area is 175 Å². The third-order valence-corrected chi connectivity index (χ3v) is 4.84. The fourth-order valence-corrected chi connectivity index (χ4v) is 3.10. The van der Waals surface area contributed by atoms with Gasteiger partial charge in [0.2, 0.25) is 10.0 Å². The highest BCUT2D eigenvalue weighted by Crippen LogP contribution is 2.23. The van der Waals surface area contributed by atoms with Crippen LogP contribution in [-0.4, -0.2) is 45.6 Å². The zero-order valence-electron chi connectivity index (χ0n) is 15.2. The predicted octanol–water partition coefficient (Wildman–Crippen LogP) is 3.41. The molecule has 0 amide bonds. The number of aliphatic hydroxyl groups is 1. The second-order valence-electron chi connectivity index (χ2n) is 6.10. The van der Waals surface area contributed by atoms with Crippen molar-refractivity contribution >= 4 is 45.0 Å². The highest BCUT2D eigenvalue weighted by Gasteiger charge is 2.06. The van der Waals surface area contributed by atoms with E-state index in [4.69, 9.17) is 27.9 Å². The topological polar surface area (TPSA) is 87.7 Å². The summed E-state index contributed by atoms with van der Waals surface area (Å²) in [5, 5.41) is 14.1. The lowest BCUT2D eigenvalue weighted by Crippen LogP contribution is -2.31. The van der Waals surface area contributed by atoms with Crippen molar-refractivity contribution in [2.75, 3.05) is 30.7 Å². The van der Waals surface area contributed by atoms with Crippen LogP contribution in [0.1, 0.15) is 5.56 Å². The Bertz CT molecular complexity index is 903. The normalized spacial score (nSPS) is 12.9. The molecule has 28 heavy (non-hydrogen) atoms. The van der Waals surface area contributed by atoms with Gasteiger partial charge in [0.05, 0.1) is 16.3 Å². The van der Waals surface area contributed by atoms with Gasteiger partial charge in [0.1, 0.15) is 18.5 Å². The Morgan fingerprint density at radius 2 is 1.86 bits per heavy atom. The molecular formula is C19H22Cl2N2O4S. The van der Waals surface area contributed by atoms with Gasteiger partial charge >= 0.3 is 0 Å². The summed E-state index contributed by atoms with van der Waals surface area (Å²) < 4.78 is 30.2. The number of hydrogen-bond donors (Lipinski definition) is 3. The molecule has 0 aliphatic heterocycles. The van der Waals surface area contributed by atoms with E-state index >= 15 is 0 Å². The molecule has 2 aromatic carbocycles. The average molecular weight is 445 g/mol. The summed E-state index contributed by atoms with van der Waals surface area (Å²) in [7, 11) is -3.31. The van der Waals surface area contributed by atoms with Gasteiger partial charge in [-0.2, -0.15) is 0 Å². The summed E-state index contributed by atoms with van der Waals surface area (Å²) in [5.41, 5.74) is 1.39. The van der Waals surface area contributed by atoms with E-state index in [2.05, 4.69) is 10.0 Å². The number of rotatable bonds is 10. The Balaban J connectivity index is 1.67. The SMILES string of the molecule is CS(=O)(=O)Nc1ccc(OC[C@H](O)CNCC=Cc2ccc(Cl)c(Cl)c2)cc1. The minimum absolute atomic E-state index is 0.113.